The summed E-state index contributed by atoms with van der Waals surface area (Å²) >= 11 is 0. The van der Waals surface area contributed by atoms with Crippen LogP contribution in [-0.2, 0) is 6.42 Å². The van der Waals surface area contributed by atoms with Gasteiger partial charge in [-0.15, -0.1) is 0 Å². The van der Waals surface area contributed by atoms with Crippen LogP contribution < -0.4 is 5.73 Å². The first-order valence-corrected chi connectivity index (χ1v) is 5.32. The molecule has 1 atom stereocenters. The maximum Gasteiger partial charge on any atom is -0.00483 e. The van der Waals surface area contributed by atoms with Crippen molar-refractivity contribution in [3.8, 4) is 0 Å². The summed E-state index contributed by atoms with van der Waals surface area (Å²) < 4.78 is 0. The average Bonchev–Trinajstić information content (AvgIpc) is 2.19. The minimum absolute atomic E-state index is 0.579. The lowest BCUT2D eigenvalue weighted by Crippen LogP contribution is -2.14. The van der Waals surface area contributed by atoms with Gasteiger partial charge in [0.05, 0.1) is 0 Å². The minimum atomic E-state index is 0.579. The first-order chi connectivity index (χ1) is 6.56. The zero-order chi connectivity index (χ0) is 10.7. The van der Waals surface area contributed by atoms with Crippen molar-refractivity contribution < 1.29 is 0 Å². The highest BCUT2D eigenvalue weighted by Crippen LogP contribution is 2.19. The van der Waals surface area contributed by atoms with E-state index in [-0.39, 0.29) is 0 Å². The molecule has 1 rings (SSSR count). The molecule has 0 aliphatic heterocycles. The predicted octanol–water partition coefficient (Wildman–Crippen LogP) is 2.75. The zero-order valence-corrected chi connectivity index (χ0v) is 9.72. The molecule has 0 bridgehead atoms. The van der Waals surface area contributed by atoms with Crippen LogP contribution in [0.3, 0.4) is 0 Å². The normalized spacial score (nSPS) is 12.9. The molecule has 14 heavy (non-hydrogen) atoms. The van der Waals surface area contributed by atoms with Crippen molar-refractivity contribution in [2.45, 2.75) is 34.1 Å². The van der Waals surface area contributed by atoms with Crippen LogP contribution >= 0.6 is 0 Å². The molecule has 1 unspecified atom stereocenters. The van der Waals surface area contributed by atoms with Gasteiger partial charge in [-0.1, -0.05) is 19.1 Å². The number of rotatable bonds is 3. The van der Waals surface area contributed by atoms with E-state index in [4.69, 9.17) is 5.73 Å². The summed E-state index contributed by atoms with van der Waals surface area (Å²) in [4.78, 5) is 0. The Balaban J connectivity index is 2.94. The van der Waals surface area contributed by atoms with E-state index in [0.717, 1.165) is 13.0 Å². The van der Waals surface area contributed by atoms with E-state index in [1.165, 1.54) is 22.3 Å². The number of benzene rings is 1. The van der Waals surface area contributed by atoms with Gasteiger partial charge in [-0.3, -0.25) is 0 Å². The van der Waals surface area contributed by atoms with E-state index in [1.807, 2.05) is 0 Å². The SMILES string of the molecule is Cc1ccc(CC(C)CN)c(C)c1C. The summed E-state index contributed by atoms with van der Waals surface area (Å²) in [5, 5.41) is 0. The van der Waals surface area contributed by atoms with Gasteiger partial charge in [-0.05, 0) is 61.9 Å². The largest absolute Gasteiger partial charge is 0.330 e. The molecular formula is C13H21N. The average molecular weight is 191 g/mol. The summed E-state index contributed by atoms with van der Waals surface area (Å²) in [6.45, 7) is 9.54. The summed E-state index contributed by atoms with van der Waals surface area (Å²) in [6.07, 6.45) is 1.10. The molecule has 2 N–H and O–H groups in total. The molecule has 0 fully saturated rings. The first-order valence-electron chi connectivity index (χ1n) is 5.32. The summed E-state index contributed by atoms with van der Waals surface area (Å²) in [6, 6.07) is 4.45. The van der Waals surface area contributed by atoms with Crippen LogP contribution in [0.5, 0.6) is 0 Å². The minimum Gasteiger partial charge on any atom is -0.330 e. The van der Waals surface area contributed by atoms with Crippen molar-refractivity contribution in [1.82, 2.24) is 0 Å². The Labute approximate surface area is 87.3 Å². The molecule has 1 heteroatoms. The molecule has 0 aliphatic rings. The highest BCUT2D eigenvalue weighted by molar-refractivity contribution is 5.38. The lowest BCUT2D eigenvalue weighted by molar-refractivity contribution is 0.591. The van der Waals surface area contributed by atoms with Gasteiger partial charge < -0.3 is 5.73 Å². The molecule has 0 radical (unpaired) electrons. The molecule has 0 saturated carbocycles. The Morgan fingerprint density at radius 1 is 1.14 bits per heavy atom. The molecule has 0 saturated heterocycles. The van der Waals surface area contributed by atoms with E-state index in [2.05, 4.69) is 39.8 Å². The van der Waals surface area contributed by atoms with Gasteiger partial charge >= 0.3 is 0 Å². The molecule has 0 heterocycles. The monoisotopic (exact) mass is 191 g/mol. The maximum atomic E-state index is 5.64. The van der Waals surface area contributed by atoms with E-state index >= 15 is 0 Å². The fourth-order valence-corrected chi connectivity index (χ4v) is 1.69. The van der Waals surface area contributed by atoms with Crippen LogP contribution in [0.2, 0.25) is 0 Å². The molecule has 1 aromatic rings. The van der Waals surface area contributed by atoms with Crippen LogP contribution in [0.15, 0.2) is 12.1 Å². The molecule has 1 nitrogen and oxygen atoms in total. The van der Waals surface area contributed by atoms with E-state index in [1.54, 1.807) is 0 Å². The van der Waals surface area contributed by atoms with E-state index in [0.29, 0.717) is 5.92 Å². The van der Waals surface area contributed by atoms with Gasteiger partial charge in [-0.2, -0.15) is 0 Å². The number of nitrogens with two attached hydrogens (primary N) is 1. The Morgan fingerprint density at radius 2 is 1.79 bits per heavy atom. The van der Waals surface area contributed by atoms with Crippen molar-refractivity contribution >= 4 is 0 Å². The lowest BCUT2D eigenvalue weighted by Gasteiger charge is -2.14. The third-order valence-corrected chi connectivity index (χ3v) is 3.14. The highest BCUT2D eigenvalue weighted by atomic mass is 14.5. The second-order valence-corrected chi connectivity index (χ2v) is 4.34. The Kier molecular flexibility index (Phi) is 3.70. The molecule has 0 aliphatic carbocycles. The van der Waals surface area contributed by atoms with Gasteiger partial charge in [0, 0.05) is 0 Å². The van der Waals surface area contributed by atoms with Crippen molar-refractivity contribution in [2.75, 3.05) is 6.54 Å². The Hall–Kier alpha value is -0.820. The topological polar surface area (TPSA) is 26.0 Å². The number of hydrogen-bond acceptors (Lipinski definition) is 1. The predicted molar refractivity (Wildman–Crippen MR) is 62.6 cm³/mol. The summed E-state index contributed by atoms with van der Waals surface area (Å²) in [7, 11) is 0. The standard InChI is InChI=1S/C13H21N/c1-9(8-14)7-13-6-5-10(2)11(3)12(13)4/h5-6,9H,7-8,14H2,1-4H3. The highest BCUT2D eigenvalue weighted by Gasteiger charge is 2.06. The fourth-order valence-electron chi connectivity index (χ4n) is 1.69. The van der Waals surface area contributed by atoms with Crippen molar-refractivity contribution in [1.29, 1.82) is 0 Å². The van der Waals surface area contributed by atoms with Gasteiger partial charge in [0.25, 0.3) is 0 Å². The maximum absolute atomic E-state index is 5.64. The quantitative estimate of drug-likeness (QED) is 0.781. The molecule has 78 valence electrons. The van der Waals surface area contributed by atoms with E-state index < -0.39 is 0 Å². The Bertz CT molecular complexity index is 315. The molecular weight excluding hydrogens is 170 g/mol. The van der Waals surface area contributed by atoms with Gasteiger partial charge in [0.15, 0.2) is 0 Å². The van der Waals surface area contributed by atoms with Crippen LogP contribution in [0.1, 0.15) is 29.2 Å². The van der Waals surface area contributed by atoms with Gasteiger partial charge in [0.2, 0.25) is 0 Å². The smallest absolute Gasteiger partial charge is 0.00483 e. The van der Waals surface area contributed by atoms with E-state index in [9.17, 15) is 0 Å². The Morgan fingerprint density at radius 3 is 2.36 bits per heavy atom. The first kappa shape index (κ1) is 11.3. The van der Waals surface area contributed by atoms with Crippen molar-refractivity contribution in [2.24, 2.45) is 11.7 Å². The van der Waals surface area contributed by atoms with Crippen LogP contribution in [0, 0.1) is 26.7 Å². The number of aryl methyl sites for hydroxylation is 1. The van der Waals surface area contributed by atoms with Gasteiger partial charge in [-0.25, -0.2) is 0 Å². The summed E-state index contributed by atoms with van der Waals surface area (Å²) in [5.41, 5.74) is 11.3. The van der Waals surface area contributed by atoms with Crippen LogP contribution in [0.25, 0.3) is 0 Å². The molecule has 0 spiro atoms. The second-order valence-electron chi connectivity index (χ2n) is 4.34. The molecule has 0 aromatic heterocycles. The van der Waals surface area contributed by atoms with Crippen molar-refractivity contribution in [3.63, 3.8) is 0 Å². The van der Waals surface area contributed by atoms with Crippen LogP contribution in [-0.4, -0.2) is 6.54 Å². The molecule has 1 aromatic carbocycles. The zero-order valence-electron chi connectivity index (χ0n) is 9.72. The van der Waals surface area contributed by atoms with Crippen molar-refractivity contribution in [3.05, 3.63) is 34.4 Å². The number of hydrogen-bond donors (Lipinski definition) is 1. The van der Waals surface area contributed by atoms with Gasteiger partial charge in [0.1, 0.15) is 0 Å². The lowest BCUT2D eigenvalue weighted by atomic mass is 9.93. The van der Waals surface area contributed by atoms with Crippen LogP contribution in [0.4, 0.5) is 0 Å². The summed E-state index contributed by atoms with van der Waals surface area (Å²) in [5.74, 6) is 0.579. The third-order valence-electron chi connectivity index (χ3n) is 3.14. The second kappa shape index (κ2) is 4.61. The molecule has 0 amide bonds. The third kappa shape index (κ3) is 2.36. The fraction of sp³-hybridized carbons (Fsp3) is 0.538.